The molecule has 156 valence electrons. The van der Waals surface area contributed by atoms with Crippen molar-refractivity contribution < 1.29 is 17.9 Å². The molecule has 1 aliphatic rings. The fraction of sp³-hybridized carbons (Fsp3) is 0.263. The SMILES string of the molecule is O=[N+]([O-])c1cc(S(=O)(=O)N2CCCCC2c2nc(-c3ccccc3)no2)ccc1Cl. The molecule has 0 amide bonds. The zero-order valence-corrected chi connectivity index (χ0v) is 17.2. The van der Waals surface area contributed by atoms with Crippen molar-refractivity contribution in [3.8, 4) is 11.4 Å². The molecule has 1 aromatic heterocycles. The third-order valence-corrected chi connectivity index (χ3v) is 7.16. The highest BCUT2D eigenvalue weighted by Crippen LogP contribution is 2.37. The summed E-state index contributed by atoms with van der Waals surface area (Å²) in [6.07, 6.45) is 1.96. The van der Waals surface area contributed by atoms with Crippen LogP contribution in [0.5, 0.6) is 0 Å². The minimum absolute atomic E-state index is 0.126. The minimum Gasteiger partial charge on any atom is -0.337 e. The van der Waals surface area contributed by atoms with Gasteiger partial charge in [-0.15, -0.1) is 0 Å². The van der Waals surface area contributed by atoms with Crippen LogP contribution in [0.2, 0.25) is 5.02 Å². The third kappa shape index (κ3) is 3.81. The topological polar surface area (TPSA) is 119 Å². The van der Waals surface area contributed by atoms with Crippen LogP contribution in [0.3, 0.4) is 0 Å². The predicted molar refractivity (Wildman–Crippen MR) is 108 cm³/mol. The van der Waals surface area contributed by atoms with Crippen molar-refractivity contribution in [3.05, 3.63) is 69.6 Å². The Kier molecular flexibility index (Phi) is 5.54. The maximum Gasteiger partial charge on any atom is 0.289 e. The summed E-state index contributed by atoms with van der Waals surface area (Å²) in [7, 11) is -4.05. The molecule has 30 heavy (non-hydrogen) atoms. The molecule has 11 heteroatoms. The molecule has 1 unspecified atom stereocenters. The molecule has 0 aliphatic carbocycles. The Balaban J connectivity index is 1.70. The molecule has 1 saturated heterocycles. The Hall–Kier alpha value is -2.82. The van der Waals surface area contributed by atoms with Gasteiger partial charge in [-0.25, -0.2) is 8.42 Å². The van der Waals surface area contributed by atoms with Crippen molar-refractivity contribution in [2.24, 2.45) is 0 Å². The summed E-state index contributed by atoms with van der Waals surface area (Å²) in [4.78, 5) is 14.7. The van der Waals surface area contributed by atoms with Gasteiger partial charge < -0.3 is 4.52 Å². The Morgan fingerprint density at radius 1 is 1.17 bits per heavy atom. The van der Waals surface area contributed by atoms with Crippen LogP contribution in [0, 0.1) is 10.1 Å². The molecular formula is C19H17ClN4O5S. The fourth-order valence-corrected chi connectivity index (χ4v) is 5.30. The first-order chi connectivity index (χ1) is 14.4. The van der Waals surface area contributed by atoms with Gasteiger partial charge in [0, 0.05) is 18.2 Å². The van der Waals surface area contributed by atoms with E-state index < -0.39 is 26.7 Å². The standard InChI is InChI=1S/C19H17ClN4O5S/c20-15-10-9-14(12-17(15)24(25)26)30(27,28)23-11-5-4-8-16(23)19-21-18(22-29-19)13-6-2-1-3-7-13/h1-3,6-7,9-10,12,16H,4-5,8,11H2. The molecular weight excluding hydrogens is 432 g/mol. The van der Waals surface area contributed by atoms with Gasteiger partial charge in [0.1, 0.15) is 11.1 Å². The summed E-state index contributed by atoms with van der Waals surface area (Å²) in [6.45, 7) is 0.243. The molecule has 0 N–H and O–H groups in total. The summed E-state index contributed by atoms with van der Waals surface area (Å²) >= 11 is 5.83. The molecule has 1 atom stereocenters. The van der Waals surface area contributed by atoms with Gasteiger partial charge in [-0.3, -0.25) is 10.1 Å². The lowest BCUT2D eigenvalue weighted by atomic mass is 10.1. The number of nitro benzene ring substituents is 1. The molecule has 0 bridgehead atoms. The number of nitro groups is 1. The number of hydrogen-bond donors (Lipinski definition) is 0. The molecule has 2 aromatic carbocycles. The molecule has 4 rings (SSSR count). The largest absolute Gasteiger partial charge is 0.337 e. The molecule has 0 radical (unpaired) electrons. The second-order valence-corrected chi connectivity index (χ2v) is 9.12. The number of sulfonamides is 1. The molecule has 2 heterocycles. The van der Waals surface area contributed by atoms with Crippen LogP contribution in [0.15, 0.2) is 57.9 Å². The second kappa shape index (κ2) is 8.13. The highest BCUT2D eigenvalue weighted by molar-refractivity contribution is 7.89. The predicted octanol–water partition coefficient (Wildman–Crippen LogP) is 4.21. The average Bonchev–Trinajstić information content (AvgIpc) is 3.24. The first-order valence-electron chi connectivity index (χ1n) is 9.23. The van der Waals surface area contributed by atoms with Crippen molar-refractivity contribution in [2.75, 3.05) is 6.54 Å². The van der Waals surface area contributed by atoms with E-state index in [4.69, 9.17) is 16.1 Å². The Morgan fingerprint density at radius 3 is 2.67 bits per heavy atom. The van der Waals surface area contributed by atoms with Gasteiger partial charge in [0.05, 0.1) is 9.82 Å². The zero-order chi connectivity index (χ0) is 21.3. The molecule has 3 aromatic rings. The fourth-order valence-electron chi connectivity index (χ4n) is 3.44. The maximum atomic E-state index is 13.3. The first kappa shape index (κ1) is 20.5. The van der Waals surface area contributed by atoms with E-state index in [1.807, 2.05) is 30.3 Å². The van der Waals surface area contributed by atoms with E-state index in [-0.39, 0.29) is 22.4 Å². The van der Waals surface area contributed by atoms with E-state index >= 15 is 0 Å². The van der Waals surface area contributed by atoms with E-state index in [9.17, 15) is 18.5 Å². The molecule has 0 saturated carbocycles. The van der Waals surface area contributed by atoms with Gasteiger partial charge in [0.15, 0.2) is 0 Å². The van der Waals surface area contributed by atoms with Gasteiger partial charge in [0.2, 0.25) is 21.7 Å². The molecule has 9 nitrogen and oxygen atoms in total. The van der Waals surface area contributed by atoms with Crippen LogP contribution in [0.1, 0.15) is 31.2 Å². The van der Waals surface area contributed by atoms with E-state index in [1.54, 1.807) is 0 Å². The summed E-state index contributed by atoms with van der Waals surface area (Å²) < 4.78 is 33.3. The van der Waals surface area contributed by atoms with Crippen LogP contribution in [0.25, 0.3) is 11.4 Å². The summed E-state index contributed by atoms with van der Waals surface area (Å²) in [5.74, 6) is 0.566. The average molecular weight is 449 g/mol. The number of halogens is 1. The van der Waals surface area contributed by atoms with E-state index in [1.165, 1.54) is 16.4 Å². The molecule has 1 aliphatic heterocycles. The van der Waals surface area contributed by atoms with Crippen molar-refractivity contribution in [1.82, 2.24) is 14.4 Å². The zero-order valence-electron chi connectivity index (χ0n) is 15.6. The normalized spacial score (nSPS) is 17.7. The smallest absolute Gasteiger partial charge is 0.289 e. The first-order valence-corrected chi connectivity index (χ1v) is 11.0. The highest BCUT2D eigenvalue weighted by atomic mass is 35.5. The van der Waals surface area contributed by atoms with Gasteiger partial charge in [-0.05, 0) is 25.0 Å². The third-order valence-electron chi connectivity index (χ3n) is 4.93. The van der Waals surface area contributed by atoms with Crippen LogP contribution in [0.4, 0.5) is 5.69 Å². The second-order valence-electron chi connectivity index (χ2n) is 6.82. The van der Waals surface area contributed by atoms with Crippen molar-refractivity contribution >= 4 is 27.3 Å². The van der Waals surface area contributed by atoms with Gasteiger partial charge in [0.25, 0.3) is 5.69 Å². The number of benzene rings is 2. The molecule has 0 spiro atoms. The summed E-state index contributed by atoms with van der Waals surface area (Å²) in [6, 6.07) is 12.0. The van der Waals surface area contributed by atoms with Gasteiger partial charge >= 0.3 is 0 Å². The summed E-state index contributed by atoms with van der Waals surface area (Å²) in [5, 5.41) is 15.0. The minimum atomic E-state index is -4.05. The van der Waals surface area contributed by atoms with E-state index in [0.29, 0.717) is 18.7 Å². The Morgan fingerprint density at radius 2 is 1.93 bits per heavy atom. The van der Waals surface area contributed by atoms with Crippen molar-refractivity contribution in [2.45, 2.75) is 30.2 Å². The number of rotatable bonds is 5. The van der Waals surface area contributed by atoms with E-state index in [0.717, 1.165) is 18.1 Å². The lowest BCUT2D eigenvalue weighted by Crippen LogP contribution is -2.38. The van der Waals surface area contributed by atoms with Crippen LogP contribution in [-0.2, 0) is 10.0 Å². The quantitative estimate of drug-likeness (QED) is 0.423. The van der Waals surface area contributed by atoms with Gasteiger partial charge in [-0.1, -0.05) is 53.5 Å². The Labute approximate surface area is 177 Å². The van der Waals surface area contributed by atoms with Gasteiger partial charge in [-0.2, -0.15) is 9.29 Å². The monoisotopic (exact) mass is 448 g/mol. The lowest BCUT2D eigenvalue weighted by Gasteiger charge is -2.32. The number of piperidine rings is 1. The lowest BCUT2D eigenvalue weighted by molar-refractivity contribution is -0.384. The highest BCUT2D eigenvalue weighted by Gasteiger charge is 2.38. The van der Waals surface area contributed by atoms with Crippen LogP contribution < -0.4 is 0 Å². The maximum absolute atomic E-state index is 13.3. The van der Waals surface area contributed by atoms with Crippen LogP contribution in [-0.4, -0.2) is 34.3 Å². The number of nitrogens with zero attached hydrogens (tertiary/aromatic N) is 4. The number of hydrogen-bond acceptors (Lipinski definition) is 7. The Bertz CT molecular complexity index is 1180. The summed E-state index contributed by atoms with van der Waals surface area (Å²) in [5.41, 5.74) is 0.293. The number of aromatic nitrogens is 2. The molecule has 1 fully saturated rings. The van der Waals surface area contributed by atoms with E-state index in [2.05, 4.69) is 10.1 Å². The van der Waals surface area contributed by atoms with Crippen molar-refractivity contribution in [1.29, 1.82) is 0 Å². The van der Waals surface area contributed by atoms with Crippen LogP contribution >= 0.6 is 11.6 Å². The van der Waals surface area contributed by atoms with Crippen molar-refractivity contribution in [3.63, 3.8) is 0 Å².